The van der Waals surface area contributed by atoms with Gasteiger partial charge in [-0.2, -0.15) is 5.10 Å². The third-order valence-corrected chi connectivity index (χ3v) is 6.08. The summed E-state index contributed by atoms with van der Waals surface area (Å²) < 4.78 is 7.89. The number of fused-ring (bicyclic) bond motifs is 1. The van der Waals surface area contributed by atoms with Gasteiger partial charge in [-0.25, -0.2) is 9.50 Å². The van der Waals surface area contributed by atoms with Gasteiger partial charge in [0.25, 0.3) is 0 Å². The standard InChI is InChI=1S/C27H30N4O/c1-20-16-21(2)18-23(17-20)25-6-5-7-27-28-26(29-31(25)27)19-22-8-10-24(11-9-22)32-15-14-30-12-3-4-13-30/h5-11,16-18H,3-4,12-15,19H2,1-2H3. The Hall–Kier alpha value is -3.18. The molecule has 0 spiro atoms. The van der Waals surface area contributed by atoms with Crippen LogP contribution in [0.15, 0.2) is 60.7 Å². The average Bonchev–Trinajstić information content (AvgIpc) is 3.43. The molecule has 5 heteroatoms. The maximum absolute atomic E-state index is 5.93. The molecule has 0 amide bonds. The van der Waals surface area contributed by atoms with Crippen LogP contribution in [0.5, 0.6) is 5.75 Å². The molecule has 2 aromatic heterocycles. The number of hydrogen-bond acceptors (Lipinski definition) is 4. The fourth-order valence-corrected chi connectivity index (χ4v) is 4.55. The normalized spacial score (nSPS) is 14.3. The number of benzene rings is 2. The molecule has 0 N–H and O–H groups in total. The highest BCUT2D eigenvalue weighted by molar-refractivity contribution is 5.64. The first-order valence-corrected chi connectivity index (χ1v) is 11.5. The summed E-state index contributed by atoms with van der Waals surface area (Å²) in [4.78, 5) is 7.24. The van der Waals surface area contributed by atoms with Gasteiger partial charge < -0.3 is 4.74 Å². The SMILES string of the molecule is Cc1cc(C)cc(-c2cccc3nc(Cc4ccc(OCCN5CCCC5)cc4)nn23)c1. The summed E-state index contributed by atoms with van der Waals surface area (Å²) in [5.41, 5.74) is 6.79. The Kier molecular flexibility index (Phi) is 5.91. The van der Waals surface area contributed by atoms with Crippen molar-refractivity contribution in [3.05, 3.63) is 83.2 Å². The van der Waals surface area contributed by atoms with Gasteiger partial charge in [0.15, 0.2) is 11.5 Å². The van der Waals surface area contributed by atoms with Crippen LogP contribution < -0.4 is 4.74 Å². The van der Waals surface area contributed by atoms with E-state index in [4.69, 9.17) is 14.8 Å². The van der Waals surface area contributed by atoms with Crippen molar-refractivity contribution in [1.29, 1.82) is 0 Å². The van der Waals surface area contributed by atoms with Crippen molar-refractivity contribution in [2.75, 3.05) is 26.2 Å². The lowest BCUT2D eigenvalue weighted by atomic mass is 10.0. The van der Waals surface area contributed by atoms with E-state index in [1.165, 1.54) is 48.2 Å². The largest absolute Gasteiger partial charge is 0.492 e. The Balaban J connectivity index is 1.29. The summed E-state index contributed by atoms with van der Waals surface area (Å²) in [6.07, 6.45) is 3.33. The van der Waals surface area contributed by atoms with E-state index < -0.39 is 0 Å². The van der Waals surface area contributed by atoms with Crippen LogP contribution >= 0.6 is 0 Å². The number of rotatable bonds is 7. The molecule has 5 rings (SSSR count). The van der Waals surface area contributed by atoms with E-state index in [1.54, 1.807) is 0 Å². The van der Waals surface area contributed by atoms with Crippen molar-refractivity contribution in [2.24, 2.45) is 0 Å². The van der Waals surface area contributed by atoms with Gasteiger partial charge in [-0.05, 0) is 81.7 Å². The lowest BCUT2D eigenvalue weighted by Gasteiger charge is -2.14. The zero-order valence-electron chi connectivity index (χ0n) is 18.9. The minimum Gasteiger partial charge on any atom is -0.492 e. The number of nitrogens with zero attached hydrogens (tertiary/aromatic N) is 4. The third-order valence-electron chi connectivity index (χ3n) is 6.08. The lowest BCUT2D eigenvalue weighted by Crippen LogP contribution is -2.25. The second kappa shape index (κ2) is 9.13. The smallest absolute Gasteiger partial charge is 0.156 e. The molecule has 164 valence electrons. The predicted molar refractivity (Wildman–Crippen MR) is 128 cm³/mol. The number of aromatic nitrogens is 3. The highest BCUT2D eigenvalue weighted by Gasteiger charge is 2.12. The van der Waals surface area contributed by atoms with Crippen LogP contribution in [0.25, 0.3) is 16.9 Å². The van der Waals surface area contributed by atoms with Gasteiger partial charge in [-0.3, -0.25) is 4.90 Å². The fraction of sp³-hybridized carbons (Fsp3) is 0.333. The maximum atomic E-state index is 5.93. The highest BCUT2D eigenvalue weighted by atomic mass is 16.5. The minimum atomic E-state index is 0.696. The zero-order chi connectivity index (χ0) is 21.9. The van der Waals surface area contributed by atoms with E-state index in [-0.39, 0.29) is 0 Å². The van der Waals surface area contributed by atoms with Gasteiger partial charge in [0, 0.05) is 18.5 Å². The van der Waals surface area contributed by atoms with E-state index in [0.717, 1.165) is 36.1 Å². The minimum absolute atomic E-state index is 0.696. The molecule has 0 saturated carbocycles. The quantitative estimate of drug-likeness (QED) is 0.413. The van der Waals surface area contributed by atoms with E-state index in [9.17, 15) is 0 Å². The Morgan fingerprint density at radius 1 is 0.906 bits per heavy atom. The van der Waals surface area contributed by atoms with E-state index in [2.05, 4.69) is 73.3 Å². The molecule has 2 aromatic carbocycles. The van der Waals surface area contributed by atoms with Crippen molar-refractivity contribution in [3.63, 3.8) is 0 Å². The molecule has 1 fully saturated rings. The molecule has 1 saturated heterocycles. The van der Waals surface area contributed by atoms with Gasteiger partial charge in [0.2, 0.25) is 0 Å². The van der Waals surface area contributed by atoms with Crippen molar-refractivity contribution in [2.45, 2.75) is 33.1 Å². The fourth-order valence-electron chi connectivity index (χ4n) is 4.55. The molecule has 0 radical (unpaired) electrons. The third kappa shape index (κ3) is 4.68. The van der Waals surface area contributed by atoms with Gasteiger partial charge in [-0.15, -0.1) is 0 Å². The van der Waals surface area contributed by atoms with Crippen LogP contribution in [0.2, 0.25) is 0 Å². The first kappa shape index (κ1) is 20.7. The summed E-state index contributed by atoms with van der Waals surface area (Å²) in [6.45, 7) is 8.43. The number of likely N-dealkylation sites (tertiary alicyclic amines) is 1. The van der Waals surface area contributed by atoms with Crippen molar-refractivity contribution in [1.82, 2.24) is 19.5 Å². The molecule has 1 aliphatic rings. The Labute approximate surface area is 189 Å². The Morgan fingerprint density at radius 2 is 1.66 bits per heavy atom. The number of pyridine rings is 1. The molecule has 0 aliphatic carbocycles. The van der Waals surface area contributed by atoms with Crippen molar-refractivity contribution in [3.8, 4) is 17.0 Å². The van der Waals surface area contributed by atoms with Crippen LogP contribution in [-0.2, 0) is 6.42 Å². The molecular formula is C27H30N4O. The van der Waals surface area contributed by atoms with Crippen molar-refractivity contribution >= 4 is 5.65 Å². The first-order chi connectivity index (χ1) is 15.6. The topological polar surface area (TPSA) is 42.7 Å². The number of aryl methyl sites for hydroxylation is 2. The zero-order valence-corrected chi connectivity index (χ0v) is 18.9. The van der Waals surface area contributed by atoms with Crippen molar-refractivity contribution < 1.29 is 4.74 Å². The lowest BCUT2D eigenvalue weighted by molar-refractivity contribution is 0.238. The maximum Gasteiger partial charge on any atom is 0.156 e. The molecular weight excluding hydrogens is 396 g/mol. The molecule has 0 unspecified atom stereocenters. The molecule has 0 bridgehead atoms. The van der Waals surface area contributed by atoms with Gasteiger partial charge >= 0.3 is 0 Å². The predicted octanol–water partition coefficient (Wildman–Crippen LogP) is 5.08. The molecule has 4 aromatic rings. The van der Waals surface area contributed by atoms with Crippen LogP contribution in [0, 0.1) is 13.8 Å². The summed E-state index contributed by atoms with van der Waals surface area (Å²) in [5, 5.41) is 4.83. The van der Waals surface area contributed by atoms with Gasteiger partial charge in [0.1, 0.15) is 12.4 Å². The summed E-state index contributed by atoms with van der Waals surface area (Å²) in [5.74, 6) is 1.75. The van der Waals surface area contributed by atoms with E-state index in [0.29, 0.717) is 6.42 Å². The van der Waals surface area contributed by atoms with Crippen LogP contribution in [0.1, 0.15) is 35.4 Å². The molecule has 32 heavy (non-hydrogen) atoms. The molecule has 1 aliphatic heterocycles. The van der Waals surface area contributed by atoms with E-state index >= 15 is 0 Å². The van der Waals surface area contributed by atoms with Crippen LogP contribution in [-0.4, -0.2) is 45.7 Å². The van der Waals surface area contributed by atoms with E-state index in [1.807, 2.05) is 10.6 Å². The van der Waals surface area contributed by atoms with Gasteiger partial charge in [0.05, 0.1) is 5.69 Å². The number of ether oxygens (including phenoxy) is 1. The average molecular weight is 427 g/mol. The number of hydrogen-bond donors (Lipinski definition) is 0. The molecule has 0 atom stereocenters. The Bertz CT molecular complexity index is 1190. The highest BCUT2D eigenvalue weighted by Crippen LogP contribution is 2.23. The summed E-state index contributed by atoms with van der Waals surface area (Å²) in [6, 6.07) is 21.1. The second-order valence-electron chi connectivity index (χ2n) is 8.80. The summed E-state index contributed by atoms with van der Waals surface area (Å²) >= 11 is 0. The molecule has 5 nitrogen and oxygen atoms in total. The molecule has 3 heterocycles. The van der Waals surface area contributed by atoms with Crippen LogP contribution in [0.3, 0.4) is 0 Å². The second-order valence-corrected chi connectivity index (χ2v) is 8.80. The summed E-state index contributed by atoms with van der Waals surface area (Å²) in [7, 11) is 0. The van der Waals surface area contributed by atoms with Gasteiger partial charge in [-0.1, -0.05) is 35.4 Å². The first-order valence-electron chi connectivity index (χ1n) is 11.5. The Morgan fingerprint density at radius 3 is 2.41 bits per heavy atom. The van der Waals surface area contributed by atoms with Crippen LogP contribution in [0.4, 0.5) is 0 Å². The monoisotopic (exact) mass is 426 g/mol.